The van der Waals surface area contributed by atoms with Crippen molar-refractivity contribution in [2.24, 2.45) is 4.99 Å². The normalized spacial score (nSPS) is 15.8. The molecule has 0 radical (unpaired) electrons. The molecule has 1 N–H and O–H groups in total. The average Bonchev–Trinajstić information content (AvgIpc) is 2.20. The van der Waals surface area contributed by atoms with Crippen LogP contribution in [0.15, 0.2) is 45.1 Å². The van der Waals surface area contributed by atoms with Crippen molar-refractivity contribution in [1.29, 1.82) is 0 Å². The highest BCUT2D eigenvalue weighted by Crippen LogP contribution is 2.10. The summed E-state index contributed by atoms with van der Waals surface area (Å²) in [5.74, 6) is 0.959. The number of hydrogen-bond acceptors (Lipinski definition) is 2. The summed E-state index contributed by atoms with van der Waals surface area (Å²) in [5, 5.41) is 3.26. The van der Waals surface area contributed by atoms with Gasteiger partial charge in [0.1, 0.15) is 5.84 Å². The predicted molar refractivity (Wildman–Crippen MR) is 63.1 cm³/mol. The number of rotatable bonds is 1. The van der Waals surface area contributed by atoms with E-state index in [0.717, 1.165) is 17.9 Å². The van der Waals surface area contributed by atoms with E-state index >= 15 is 0 Å². The second kappa shape index (κ2) is 3.91. The molecule has 0 unspecified atom stereocenters. The van der Waals surface area contributed by atoms with Crippen LogP contribution in [0.3, 0.4) is 0 Å². The first-order valence-corrected chi connectivity index (χ1v) is 5.16. The van der Waals surface area contributed by atoms with Crippen molar-refractivity contribution in [1.82, 2.24) is 5.32 Å². The van der Waals surface area contributed by atoms with Crippen molar-refractivity contribution in [3.05, 3.63) is 45.7 Å². The molecule has 66 valence electrons. The lowest BCUT2D eigenvalue weighted by atomic mass is 10.2. The molecule has 1 aromatic carbocycles. The first-order valence-electron chi connectivity index (χ1n) is 4.08. The summed E-state index contributed by atoms with van der Waals surface area (Å²) < 4.78 is 1.23. The van der Waals surface area contributed by atoms with Gasteiger partial charge in [0.25, 0.3) is 0 Å². The van der Waals surface area contributed by atoms with Crippen LogP contribution < -0.4 is 5.32 Å². The minimum atomic E-state index is 0.883. The topological polar surface area (TPSA) is 24.4 Å². The van der Waals surface area contributed by atoms with Gasteiger partial charge in [-0.25, -0.2) is 4.99 Å². The van der Waals surface area contributed by atoms with Crippen molar-refractivity contribution < 1.29 is 0 Å². The van der Waals surface area contributed by atoms with Crippen molar-refractivity contribution in [3.8, 4) is 0 Å². The van der Waals surface area contributed by atoms with Gasteiger partial charge in [0.15, 0.2) is 0 Å². The Morgan fingerprint density at radius 1 is 1.23 bits per heavy atom. The Labute approximate surface area is 90.9 Å². The van der Waals surface area contributed by atoms with Crippen LogP contribution in [0.4, 0.5) is 0 Å². The summed E-state index contributed by atoms with van der Waals surface area (Å²) >= 11 is 2.28. The molecule has 0 atom stereocenters. The molecule has 1 aliphatic heterocycles. The van der Waals surface area contributed by atoms with Crippen LogP contribution in [0.25, 0.3) is 0 Å². The zero-order valence-electron chi connectivity index (χ0n) is 7.00. The molecule has 1 aliphatic rings. The zero-order valence-corrected chi connectivity index (χ0v) is 9.15. The second-order valence-corrected chi connectivity index (χ2v) is 4.16. The number of halogens is 1. The number of aliphatic imine (C=N–C) groups is 1. The summed E-state index contributed by atoms with van der Waals surface area (Å²) in [7, 11) is 0. The van der Waals surface area contributed by atoms with Gasteiger partial charge >= 0.3 is 0 Å². The van der Waals surface area contributed by atoms with Crippen LogP contribution in [-0.2, 0) is 0 Å². The average molecular weight is 284 g/mol. The molecule has 0 amide bonds. The summed E-state index contributed by atoms with van der Waals surface area (Å²) in [6.45, 7) is 0.883. The highest BCUT2D eigenvalue weighted by molar-refractivity contribution is 14.1. The van der Waals surface area contributed by atoms with Crippen molar-refractivity contribution in [2.45, 2.75) is 0 Å². The van der Waals surface area contributed by atoms with E-state index in [9.17, 15) is 0 Å². The number of nitrogens with zero attached hydrogens (tertiary/aromatic N) is 1. The van der Waals surface area contributed by atoms with Crippen LogP contribution in [0, 0.1) is 0 Å². The van der Waals surface area contributed by atoms with Gasteiger partial charge in [-0.05, 0) is 22.6 Å². The summed E-state index contributed by atoms with van der Waals surface area (Å²) in [5.41, 5.74) is 1.14. The molecule has 1 aromatic rings. The Hall–Kier alpha value is -0.840. The van der Waals surface area contributed by atoms with E-state index in [-0.39, 0.29) is 0 Å². The third-order valence-electron chi connectivity index (χ3n) is 1.81. The van der Waals surface area contributed by atoms with Gasteiger partial charge in [-0.1, -0.05) is 30.3 Å². The second-order valence-electron chi connectivity index (χ2n) is 2.77. The molecule has 0 bridgehead atoms. The Morgan fingerprint density at radius 2 is 2.00 bits per heavy atom. The fourth-order valence-electron chi connectivity index (χ4n) is 1.17. The van der Waals surface area contributed by atoms with E-state index in [1.165, 1.54) is 3.58 Å². The number of benzene rings is 1. The van der Waals surface area contributed by atoms with Gasteiger partial charge < -0.3 is 5.32 Å². The minimum Gasteiger partial charge on any atom is -0.365 e. The molecule has 0 fully saturated rings. The molecule has 0 aromatic heterocycles. The number of nitrogens with one attached hydrogen (secondary N) is 1. The maximum absolute atomic E-state index is 4.32. The fraction of sp³-hybridized carbons (Fsp3) is 0.100. The lowest BCUT2D eigenvalue weighted by molar-refractivity contribution is 1.01. The van der Waals surface area contributed by atoms with Gasteiger partial charge in [-0.3, -0.25) is 0 Å². The van der Waals surface area contributed by atoms with Gasteiger partial charge in [0.05, 0.1) is 0 Å². The number of amidine groups is 1. The van der Waals surface area contributed by atoms with Gasteiger partial charge in [0, 0.05) is 21.9 Å². The van der Waals surface area contributed by atoms with Crippen molar-refractivity contribution in [3.63, 3.8) is 0 Å². The zero-order chi connectivity index (χ0) is 9.10. The molecule has 0 saturated carbocycles. The van der Waals surface area contributed by atoms with E-state index in [0.29, 0.717) is 0 Å². The largest absolute Gasteiger partial charge is 0.365 e. The quantitative estimate of drug-likeness (QED) is 0.786. The summed E-state index contributed by atoms with van der Waals surface area (Å²) in [6, 6.07) is 10.1. The van der Waals surface area contributed by atoms with E-state index in [2.05, 4.69) is 45.0 Å². The third-order valence-corrected chi connectivity index (χ3v) is 2.47. The lowest BCUT2D eigenvalue weighted by Gasteiger charge is -2.12. The van der Waals surface area contributed by atoms with Crippen LogP contribution in [0.1, 0.15) is 5.56 Å². The first-order chi connectivity index (χ1) is 6.36. The van der Waals surface area contributed by atoms with Crippen molar-refractivity contribution in [2.75, 3.05) is 6.54 Å². The first kappa shape index (κ1) is 8.74. The highest BCUT2D eigenvalue weighted by atomic mass is 127. The standard InChI is InChI=1S/C10H9IN2/c11-9-6-12-10(13-7-9)8-4-2-1-3-5-8/h1-6H,7H2,(H,12,13). The maximum atomic E-state index is 4.32. The maximum Gasteiger partial charge on any atom is 0.133 e. The number of hydrogen-bond donors (Lipinski definition) is 1. The van der Waals surface area contributed by atoms with Gasteiger partial charge in [-0.2, -0.15) is 0 Å². The monoisotopic (exact) mass is 284 g/mol. The Bertz CT molecular complexity index is 354. The molecule has 13 heavy (non-hydrogen) atoms. The molecule has 2 rings (SSSR count). The predicted octanol–water partition coefficient (Wildman–Crippen LogP) is 2.31. The van der Waals surface area contributed by atoms with Gasteiger partial charge in [-0.15, -0.1) is 0 Å². The Kier molecular flexibility index (Phi) is 2.63. The molecule has 0 aliphatic carbocycles. The van der Waals surface area contributed by atoms with E-state index in [1.807, 2.05) is 24.4 Å². The molecule has 0 saturated heterocycles. The van der Waals surface area contributed by atoms with E-state index in [4.69, 9.17) is 0 Å². The molecule has 3 heteroatoms. The molecular weight excluding hydrogens is 275 g/mol. The SMILES string of the molecule is IC1=CN=C(c2ccccc2)NC1. The fourth-order valence-corrected chi connectivity index (χ4v) is 1.50. The smallest absolute Gasteiger partial charge is 0.133 e. The van der Waals surface area contributed by atoms with E-state index < -0.39 is 0 Å². The summed E-state index contributed by atoms with van der Waals surface area (Å²) in [4.78, 5) is 4.32. The van der Waals surface area contributed by atoms with Gasteiger partial charge in [0.2, 0.25) is 0 Å². The third kappa shape index (κ3) is 2.09. The van der Waals surface area contributed by atoms with Crippen LogP contribution in [0.5, 0.6) is 0 Å². The lowest BCUT2D eigenvalue weighted by Crippen LogP contribution is -2.27. The van der Waals surface area contributed by atoms with E-state index in [1.54, 1.807) is 0 Å². The molecular formula is C10H9IN2. The van der Waals surface area contributed by atoms with Crippen molar-refractivity contribution >= 4 is 28.4 Å². The van der Waals surface area contributed by atoms with Crippen LogP contribution >= 0.6 is 22.6 Å². The molecule has 2 nitrogen and oxygen atoms in total. The van der Waals surface area contributed by atoms with Crippen LogP contribution in [0.2, 0.25) is 0 Å². The minimum absolute atomic E-state index is 0.883. The Morgan fingerprint density at radius 3 is 2.62 bits per heavy atom. The molecule has 0 spiro atoms. The summed E-state index contributed by atoms with van der Waals surface area (Å²) in [6.07, 6.45) is 1.90. The van der Waals surface area contributed by atoms with Crippen LogP contribution in [-0.4, -0.2) is 12.4 Å². The highest BCUT2D eigenvalue weighted by Gasteiger charge is 2.05. The molecule has 1 heterocycles. The Balaban J connectivity index is 2.29.